The Morgan fingerprint density at radius 1 is 1.50 bits per heavy atom. The van der Waals surface area contributed by atoms with Crippen molar-refractivity contribution in [1.29, 1.82) is 0 Å². The molecule has 2 N–H and O–H groups in total. The molecule has 1 aromatic carbocycles. The Balaban J connectivity index is 0.00000289. The third-order valence-corrected chi connectivity index (χ3v) is 2.29. The maximum absolute atomic E-state index is 10.6. The first-order valence-corrected chi connectivity index (χ1v) is 5.29. The van der Waals surface area contributed by atoms with Crippen molar-refractivity contribution >= 4 is 35.6 Å². The van der Waals surface area contributed by atoms with E-state index in [1.54, 1.807) is 26.2 Å². The highest BCUT2D eigenvalue weighted by Crippen LogP contribution is 2.12. The number of nitrogens with zero attached hydrogens (tertiary/aromatic N) is 2. The van der Waals surface area contributed by atoms with Gasteiger partial charge in [0, 0.05) is 32.8 Å². The van der Waals surface area contributed by atoms with Crippen molar-refractivity contribution in [3.8, 4) is 0 Å². The lowest BCUT2D eigenvalue weighted by molar-refractivity contribution is -0.384. The van der Waals surface area contributed by atoms with E-state index in [0.29, 0.717) is 18.9 Å². The molecule has 0 bridgehead atoms. The number of aliphatic imine (C=N–C) groups is 1. The number of halogens is 1. The summed E-state index contributed by atoms with van der Waals surface area (Å²) in [5.41, 5.74) is 1.05. The van der Waals surface area contributed by atoms with E-state index in [1.165, 1.54) is 6.07 Å². The van der Waals surface area contributed by atoms with Gasteiger partial charge in [-0.2, -0.15) is 0 Å². The molecule has 0 unspecified atom stereocenters. The molecule has 0 aromatic heterocycles. The van der Waals surface area contributed by atoms with Crippen LogP contribution in [0.2, 0.25) is 0 Å². The van der Waals surface area contributed by atoms with Crippen LogP contribution in [0.3, 0.4) is 0 Å². The lowest BCUT2D eigenvalue weighted by Gasteiger charge is -2.08. The van der Waals surface area contributed by atoms with Crippen molar-refractivity contribution in [2.24, 2.45) is 4.99 Å². The number of nitrogens with one attached hydrogen (secondary N) is 2. The Morgan fingerprint density at radius 3 is 2.78 bits per heavy atom. The largest absolute Gasteiger partial charge is 0.359 e. The average molecular weight is 364 g/mol. The molecule has 0 spiro atoms. The van der Waals surface area contributed by atoms with E-state index in [-0.39, 0.29) is 34.6 Å². The molecule has 0 aliphatic heterocycles. The lowest BCUT2D eigenvalue weighted by atomic mass is 10.1. The van der Waals surface area contributed by atoms with Gasteiger partial charge in [0.15, 0.2) is 5.96 Å². The van der Waals surface area contributed by atoms with Gasteiger partial charge in [-0.05, 0) is 12.0 Å². The van der Waals surface area contributed by atoms with Gasteiger partial charge in [-0.3, -0.25) is 15.1 Å². The fraction of sp³-hybridized carbons (Fsp3) is 0.364. The summed E-state index contributed by atoms with van der Waals surface area (Å²) in [5, 5.41) is 16.6. The zero-order valence-corrected chi connectivity index (χ0v) is 12.7. The monoisotopic (exact) mass is 364 g/mol. The van der Waals surface area contributed by atoms with Crippen LogP contribution in [0.5, 0.6) is 0 Å². The Hall–Kier alpha value is -1.38. The fourth-order valence-electron chi connectivity index (χ4n) is 1.43. The Labute approximate surface area is 123 Å². The van der Waals surface area contributed by atoms with Gasteiger partial charge in [-0.25, -0.2) is 0 Å². The van der Waals surface area contributed by atoms with Crippen LogP contribution in [0.1, 0.15) is 5.56 Å². The van der Waals surface area contributed by atoms with Crippen LogP contribution in [0, 0.1) is 10.1 Å². The van der Waals surface area contributed by atoms with E-state index in [9.17, 15) is 10.1 Å². The summed E-state index contributed by atoms with van der Waals surface area (Å²) in [4.78, 5) is 14.2. The Morgan fingerprint density at radius 2 is 2.22 bits per heavy atom. The predicted octanol–water partition coefficient (Wildman–Crippen LogP) is 1.55. The van der Waals surface area contributed by atoms with E-state index >= 15 is 0 Å². The highest BCUT2D eigenvalue weighted by molar-refractivity contribution is 14.0. The molecule has 0 atom stereocenters. The van der Waals surface area contributed by atoms with E-state index in [1.807, 2.05) is 6.07 Å². The minimum atomic E-state index is -0.385. The van der Waals surface area contributed by atoms with Gasteiger partial charge in [0.2, 0.25) is 0 Å². The van der Waals surface area contributed by atoms with Crippen LogP contribution in [-0.2, 0) is 6.42 Å². The molecule has 18 heavy (non-hydrogen) atoms. The van der Waals surface area contributed by atoms with Gasteiger partial charge in [0.05, 0.1) is 4.92 Å². The summed E-state index contributed by atoms with van der Waals surface area (Å²) in [6.07, 6.45) is 0.711. The first-order valence-electron chi connectivity index (χ1n) is 5.29. The summed E-state index contributed by atoms with van der Waals surface area (Å²) < 4.78 is 0. The number of hydrogen-bond acceptors (Lipinski definition) is 3. The van der Waals surface area contributed by atoms with Crippen molar-refractivity contribution in [3.63, 3.8) is 0 Å². The van der Waals surface area contributed by atoms with Gasteiger partial charge in [-0.15, -0.1) is 24.0 Å². The number of non-ortho nitro benzene ring substituents is 1. The van der Waals surface area contributed by atoms with Gasteiger partial charge in [0.25, 0.3) is 5.69 Å². The third kappa shape index (κ3) is 5.30. The van der Waals surface area contributed by atoms with E-state index in [2.05, 4.69) is 15.6 Å². The summed E-state index contributed by atoms with van der Waals surface area (Å²) in [5.74, 6) is 0.704. The summed E-state index contributed by atoms with van der Waals surface area (Å²) in [6, 6.07) is 6.64. The SMILES string of the molecule is CN=C(NC)NCCc1cccc([N+](=O)[O-])c1.I. The standard InChI is InChI=1S/C11H16N4O2.HI/c1-12-11(13-2)14-7-6-9-4-3-5-10(8-9)15(16)17;/h3-5,8H,6-7H2,1-2H3,(H2,12,13,14);1H. The smallest absolute Gasteiger partial charge is 0.269 e. The van der Waals surface area contributed by atoms with Crippen LogP contribution in [0.25, 0.3) is 0 Å². The normalized spacial score (nSPS) is 10.4. The van der Waals surface area contributed by atoms with Crippen LogP contribution < -0.4 is 10.6 Å². The number of hydrogen-bond donors (Lipinski definition) is 2. The Kier molecular flexibility index (Phi) is 8.01. The fourth-order valence-corrected chi connectivity index (χ4v) is 1.43. The molecule has 0 aliphatic rings. The number of nitro groups is 1. The summed E-state index contributed by atoms with van der Waals surface area (Å²) >= 11 is 0. The quantitative estimate of drug-likeness (QED) is 0.279. The van der Waals surface area contributed by atoms with Gasteiger partial charge < -0.3 is 10.6 Å². The predicted molar refractivity (Wildman–Crippen MR) is 82.6 cm³/mol. The van der Waals surface area contributed by atoms with Crippen molar-refractivity contribution < 1.29 is 4.92 Å². The molecular formula is C11H17IN4O2. The summed E-state index contributed by atoms with van der Waals surface area (Å²) in [6.45, 7) is 0.675. The Bertz CT molecular complexity index is 423. The molecule has 100 valence electrons. The lowest BCUT2D eigenvalue weighted by Crippen LogP contribution is -2.35. The second-order valence-corrected chi connectivity index (χ2v) is 3.43. The average Bonchev–Trinajstić information content (AvgIpc) is 2.35. The van der Waals surface area contributed by atoms with E-state index < -0.39 is 0 Å². The van der Waals surface area contributed by atoms with Gasteiger partial charge >= 0.3 is 0 Å². The molecule has 6 nitrogen and oxygen atoms in total. The van der Waals surface area contributed by atoms with Crippen molar-refractivity contribution in [3.05, 3.63) is 39.9 Å². The highest BCUT2D eigenvalue weighted by atomic mass is 127. The first-order chi connectivity index (χ1) is 8.17. The number of benzene rings is 1. The number of nitro benzene ring substituents is 1. The van der Waals surface area contributed by atoms with Crippen molar-refractivity contribution in [2.45, 2.75) is 6.42 Å². The molecule has 0 aliphatic carbocycles. The second-order valence-electron chi connectivity index (χ2n) is 3.43. The molecule has 1 rings (SSSR count). The minimum Gasteiger partial charge on any atom is -0.359 e. The molecule has 1 aromatic rings. The van der Waals surface area contributed by atoms with Crippen LogP contribution in [-0.4, -0.2) is 31.5 Å². The van der Waals surface area contributed by atoms with Crippen molar-refractivity contribution in [2.75, 3.05) is 20.6 Å². The van der Waals surface area contributed by atoms with E-state index in [0.717, 1.165) is 5.56 Å². The third-order valence-electron chi connectivity index (χ3n) is 2.29. The van der Waals surface area contributed by atoms with Gasteiger partial charge in [0.1, 0.15) is 0 Å². The van der Waals surface area contributed by atoms with Gasteiger partial charge in [-0.1, -0.05) is 12.1 Å². The molecule has 7 heteroatoms. The number of rotatable bonds is 4. The minimum absolute atomic E-state index is 0. The summed E-state index contributed by atoms with van der Waals surface area (Å²) in [7, 11) is 3.47. The molecule has 0 heterocycles. The van der Waals surface area contributed by atoms with Crippen molar-refractivity contribution in [1.82, 2.24) is 10.6 Å². The van der Waals surface area contributed by atoms with E-state index in [4.69, 9.17) is 0 Å². The second kappa shape index (κ2) is 8.67. The molecular weight excluding hydrogens is 347 g/mol. The zero-order valence-electron chi connectivity index (χ0n) is 10.3. The molecule has 0 saturated heterocycles. The topological polar surface area (TPSA) is 79.6 Å². The van der Waals surface area contributed by atoms with Crippen LogP contribution in [0.15, 0.2) is 29.3 Å². The molecule has 0 saturated carbocycles. The first kappa shape index (κ1) is 16.6. The molecule has 0 amide bonds. The maximum Gasteiger partial charge on any atom is 0.269 e. The van der Waals surface area contributed by atoms with Crippen LogP contribution in [0.4, 0.5) is 5.69 Å². The molecule has 0 radical (unpaired) electrons. The molecule has 0 fully saturated rings. The highest BCUT2D eigenvalue weighted by Gasteiger charge is 2.05. The maximum atomic E-state index is 10.6. The zero-order chi connectivity index (χ0) is 12.7. The number of guanidine groups is 1. The van der Waals surface area contributed by atoms with Crippen LogP contribution >= 0.6 is 24.0 Å².